The van der Waals surface area contributed by atoms with E-state index in [1.165, 1.54) is 5.56 Å². The van der Waals surface area contributed by atoms with Crippen molar-refractivity contribution in [2.75, 3.05) is 16.8 Å². The number of nitrogens with one attached hydrogen (secondary N) is 1. The molecular formula is C22H26N2O. The first-order valence-electron chi connectivity index (χ1n) is 8.82. The van der Waals surface area contributed by atoms with E-state index in [0.29, 0.717) is 12.5 Å². The lowest BCUT2D eigenvalue weighted by atomic mass is 9.99. The molecule has 1 aliphatic heterocycles. The second kappa shape index (κ2) is 6.75. The van der Waals surface area contributed by atoms with E-state index >= 15 is 0 Å². The summed E-state index contributed by atoms with van der Waals surface area (Å²) in [5.41, 5.74) is 4.13. The molecule has 130 valence electrons. The average Bonchev–Trinajstić information content (AvgIpc) is 2.58. The lowest BCUT2D eigenvalue weighted by molar-refractivity contribution is -0.114. The van der Waals surface area contributed by atoms with Gasteiger partial charge in [-0.1, -0.05) is 50.2 Å². The van der Waals surface area contributed by atoms with E-state index in [1.54, 1.807) is 6.08 Å². The number of para-hydroxylation sites is 2. The largest absolute Gasteiger partial charge is 0.377 e. The van der Waals surface area contributed by atoms with Crippen LogP contribution in [0.4, 0.5) is 11.4 Å². The van der Waals surface area contributed by atoms with Crippen LogP contribution < -0.4 is 10.2 Å². The Morgan fingerprint density at radius 3 is 2.48 bits per heavy atom. The van der Waals surface area contributed by atoms with Gasteiger partial charge in [0.2, 0.25) is 0 Å². The molecule has 1 aliphatic rings. The average molecular weight is 334 g/mol. The van der Waals surface area contributed by atoms with Crippen LogP contribution in [0.1, 0.15) is 44.7 Å². The van der Waals surface area contributed by atoms with Gasteiger partial charge in [0.25, 0.3) is 5.91 Å². The minimum atomic E-state index is -0.156. The SMILES string of the molecule is CC(C)c1ccc(/C=C/C(=O)N2CC(C)(C)Nc3ccccc32)cc1. The van der Waals surface area contributed by atoms with Gasteiger partial charge in [0.1, 0.15) is 0 Å². The highest BCUT2D eigenvalue weighted by molar-refractivity contribution is 6.06. The van der Waals surface area contributed by atoms with Crippen molar-refractivity contribution in [1.82, 2.24) is 0 Å². The molecule has 25 heavy (non-hydrogen) atoms. The first kappa shape index (κ1) is 17.3. The van der Waals surface area contributed by atoms with E-state index in [-0.39, 0.29) is 11.4 Å². The quantitative estimate of drug-likeness (QED) is 0.796. The maximum atomic E-state index is 12.8. The van der Waals surface area contributed by atoms with Gasteiger partial charge < -0.3 is 10.2 Å². The van der Waals surface area contributed by atoms with Crippen LogP contribution in [0.25, 0.3) is 6.08 Å². The highest BCUT2D eigenvalue weighted by atomic mass is 16.2. The van der Waals surface area contributed by atoms with E-state index in [9.17, 15) is 4.79 Å². The van der Waals surface area contributed by atoms with Gasteiger partial charge in [-0.15, -0.1) is 0 Å². The molecule has 3 rings (SSSR count). The summed E-state index contributed by atoms with van der Waals surface area (Å²) in [5, 5.41) is 3.49. The number of hydrogen-bond acceptors (Lipinski definition) is 2. The van der Waals surface area contributed by atoms with Crippen molar-refractivity contribution in [3.05, 3.63) is 65.7 Å². The number of rotatable bonds is 3. The summed E-state index contributed by atoms with van der Waals surface area (Å²) in [5.74, 6) is 0.522. The van der Waals surface area contributed by atoms with E-state index in [0.717, 1.165) is 16.9 Å². The molecule has 0 aromatic heterocycles. The molecule has 2 aromatic carbocycles. The molecule has 0 unspecified atom stereocenters. The van der Waals surface area contributed by atoms with Crippen molar-refractivity contribution in [2.24, 2.45) is 0 Å². The molecular weight excluding hydrogens is 308 g/mol. The molecule has 0 radical (unpaired) electrons. The Balaban J connectivity index is 1.81. The maximum absolute atomic E-state index is 12.8. The Kier molecular flexibility index (Phi) is 4.67. The zero-order chi connectivity index (χ0) is 18.0. The van der Waals surface area contributed by atoms with Crippen LogP contribution in [0, 0.1) is 0 Å². The van der Waals surface area contributed by atoms with Crippen LogP contribution in [0.5, 0.6) is 0 Å². The van der Waals surface area contributed by atoms with Gasteiger partial charge in [-0.3, -0.25) is 4.79 Å². The number of anilines is 2. The predicted molar refractivity (Wildman–Crippen MR) is 106 cm³/mol. The summed E-state index contributed by atoms with van der Waals surface area (Å²) in [4.78, 5) is 14.7. The third kappa shape index (κ3) is 3.93. The fourth-order valence-corrected chi connectivity index (χ4v) is 3.15. The number of amides is 1. The number of nitrogens with zero attached hydrogens (tertiary/aromatic N) is 1. The van der Waals surface area contributed by atoms with Crippen LogP contribution in [-0.4, -0.2) is 18.0 Å². The monoisotopic (exact) mass is 334 g/mol. The second-order valence-corrected chi connectivity index (χ2v) is 7.61. The number of carbonyl (C=O) groups excluding carboxylic acids is 1. The lowest BCUT2D eigenvalue weighted by Gasteiger charge is -2.40. The number of benzene rings is 2. The maximum Gasteiger partial charge on any atom is 0.251 e. The van der Waals surface area contributed by atoms with E-state index in [1.807, 2.05) is 35.2 Å². The number of fused-ring (bicyclic) bond motifs is 1. The van der Waals surface area contributed by atoms with Gasteiger partial charge in [-0.05, 0) is 49.1 Å². The highest BCUT2D eigenvalue weighted by Gasteiger charge is 2.31. The molecule has 1 heterocycles. The van der Waals surface area contributed by atoms with Gasteiger partial charge in [0.15, 0.2) is 0 Å². The second-order valence-electron chi connectivity index (χ2n) is 7.61. The molecule has 3 heteroatoms. The van der Waals surface area contributed by atoms with Gasteiger partial charge in [-0.2, -0.15) is 0 Å². The fraction of sp³-hybridized carbons (Fsp3) is 0.318. The fourth-order valence-electron chi connectivity index (χ4n) is 3.15. The molecule has 0 bridgehead atoms. The number of carbonyl (C=O) groups is 1. The smallest absolute Gasteiger partial charge is 0.251 e. The van der Waals surface area contributed by atoms with E-state index in [4.69, 9.17) is 0 Å². The first-order valence-corrected chi connectivity index (χ1v) is 8.82. The van der Waals surface area contributed by atoms with Crippen molar-refractivity contribution in [3.63, 3.8) is 0 Å². The third-order valence-electron chi connectivity index (χ3n) is 4.51. The van der Waals surface area contributed by atoms with Gasteiger partial charge in [0, 0.05) is 18.2 Å². The van der Waals surface area contributed by atoms with Gasteiger partial charge in [0.05, 0.1) is 11.4 Å². The van der Waals surface area contributed by atoms with Crippen LogP contribution in [0.3, 0.4) is 0 Å². The molecule has 1 amide bonds. The van der Waals surface area contributed by atoms with Crippen molar-refractivity contribution in [3.8, 4) is 0 Å². The minimum Gasteiger partial charge on any atom is -0.377 e. The van der Waals surface area contributed by atoms with Crippen LogP contribution in [0.2, 0.25) is 0 Å². The Hall–Kier alpha value is -2.55. The molecule has 0 saturated heterocycles. The van der Waals surface area contributed by atoms with Crippen molar-refractivity contribution < 1.29 is 4.79 Å². The molecule has 3 nitrogen and oxygen atoms in total. The third-order valence-corrected chi connectivity index (χ3v) is 4.51. The summed E-state index contributed by atoms with van der Waals surface area (Å²) in [6.45, 7) is 9.21. The van der Waals surface area contributed by atoms with Crippen molar-refractivity contribution in [1.29, 1.82) is 0 Å². The molecule has 0 saturated carbocycles. The van der Waals surface area contributed by atoms with Crippen LogP contribution >= 0.6 is 0 Å². The molecule has 2 aromatic rings. The summed E-state index contributed by atoms with van der Waals surface area (Å²) >= 11 is 0. The van der Waals surface area contributed by atoms with Gasteiger partial charge >= 0.3 is 0 Å². The van der Waals surface area contributed by atoms with E-state index in [2.05, 4.69) is 57.3 Å². The summed E-state index contributed by atoms with van der Waals surface area (Å²) in [7, 11) is 0. The zero-order valence-corrected chi connectivity index (χ0v) is 15.4. The topological polar surface area (TPSA) is 32.3 Å². The minimum absolute atomic E-state index is 0.00922. The molecule has 0 fully saturated rings. The Bertz CT molecular complexity index is 788. The van der Waals surface area contributed by atoms with Crippen LogP contribution in [-0.2, 0) is 4.79 Å². The standard InChI is InChI=1S/C22H26N2O/c1-16(2)18-12-9-17(10-13-18)11-14-21(25)24-15-22(3,4)23-19-7-5-6-8-20(19)24/h5-14,16,23H,15H2,1-4H3/b14-11+. The van der Waals surface area contributed by atoms with E-state index < -0.39 is 0 Å². The first-order chi connectivity index (χ1) is 11.9. The summed E-state index contributed by atoms with van der Waals surface area (Å²) < 4.78 is 0. The lowest BCUT2D eigenvalue weighted by Crippen LogP contribution is -2.50. The highest BCUT2D eigenvalue weighted by Crippen LogP contribution is 2.34. The van der Waals surface area contributed by atoms with Crippen molar-refractivity contribution >= 4 is 23.4 Å². The molecule has 0 spiro atoms. The molecule has 0 atom stereocenters. The molecule has 0 aliphatic carbocycles. The van der Waals surface area contributed by atoms with Crippen molar-refractivity contribution in [2.45, 2.75) is 39.2 Å². The van der Waals surface area contributed by atoms with Crippen LogP contribution in [0.15, 0.2) is 54.6 Å². The Labute approximate surface area is 150 Å². The van der Waals surface area contributed by atoms with Gasteiger partial charge in [-0.25, -0.2) is 0 Å². The predicted octanol–water partition coefficient (Wildman–Crippen LogP) is 5.06. The molecule has 1 N–H and O–H groups in total. The number of hydrogen-bond donors (Lipinski definition) is 1. The normalized spacial score (nSPS) is 16.0. The summed E-state index contributed by atoms with van der Waals surface area (Å²) in [6, 6.07) is 16.3. The summed E-state index contributed by atoms with van der Waals surface area (Å²) in [6.07, 6.45) is 3.56. The Morgan fingerprint density at radius 1 is 1.12 bits per heavy atom. The Morgan fingerprint density at radius 2 is 1.80 bits per heavy atom. The zero-order valence-electron chi connectivity index (χ0n) is 15.4.